The molecule has 0 saturated carbocycles. The second-order valence-corrected chi connectivity index (χ2v) is 3.43. The number of aromatic nitrogens is 1. The Hall–Kier alpha value is -0.990. The largest absolute Gasteiger partial charge is 0.381 e. The lowest BCUT2D eigenvalue weighted by atomic mass is 9.96. The number of rotatable bonds is 5. The van der Waals surface area contributed by atoms with E-state index in [1.54, 1.807) is 0 Å². The first kappa shape index (κ1) is 10.1. The van der Waals surface area contributed by atoms with Crippen LogP contribution in [-0.4, -0.2) is 5.16 Å². The van der Waals surface area contributed by atoms with Crippen LogP contribution >= 0.6 is 0 Å². The lowest BCUT2D eigenvalue weighted by molar-refractivity contribution is 0.346. The molecule has 1 rings (SSSR count). The van der Waals surface area contributed by atoms with Crippen LogP contribution in [0.1, 0.15) is 51.2 Å². The molecular formula is C10H18N2O. The van der Waals surface area contributed by atoms with Gasteiger partial charge >= 0.3 is 0 Å². The molecule has 3 heteroatoms. The summed E-state index contributed by atoms with van der Waals surface area (Å²) in [5.41, 5.74) is 5.50. The molecule has 0 bridgehead atoms. The van der Waals surface area contributed by atoms with Crippen LogP contribution in [0, 0.1) is 0 Å². The minimum Gasteiger partial charge on any atom is -0.381 e. The van der Waals surface area contributed by atoms with Gasteiger partial charge in [0.2, 0.25) is 0 Å². The zero-order valence-corrected chi connectivity index (χ0v) is 8.42. The Morgan fingerprint density at radius 3 is 2.38 bits per heavy atom. The van der Waals surface area contributed by atoms with Gasteiger partial charge in [-0.05, 0) is 12.8 Å². The Labute approximate surface area is 79.3 Å². The number of nitrogens with two attached hydrogens (primary N) is 1. The molecule has 0 radical (unpaired) electrons. The van der Waals surface area contributed by atoms with Gasteiger partial charge in [0.15, 0.2) is 5.82 Å². The summed E-state index contributed by atoms with van der Waals surface area (Å²) in [6.07, 6.45) is 4.65. The van der Waals surface area contributed by atoms with E-state index in [0.717, 1.165) is 18.6 Å². The maximum absolute atomic E-state index is 5.50. The first-order chi connectivity index (χ1) is 6.27. The molecule has 1 aromatic heterocycles. The molecule has 1 aromatic rings. The Bertz CT molecular complexity index is 239. The summed E-state index contributed by atoms with van der Waals surface area (Å²) in [5, 5.41) is 3.70. The van der Waals surface area contributed by atoms with Gasteiger partial charge < -0.3 is 10.3 Å². The molecule has 0 spiro atoms. The molecule has 13 heavy (non-hydrogen) atoms. The molecule has 0 saturated heterocycles. The summed E-state index contributed by atoms with van der Waals surface area (Å²) in [6, 6.07) is 1.84. The standard InChI is InChI=1S/C10H18N2O/c1-3-5-8(6-4-2)9-7-10(11)12-13-9/h7-8H,3-6H2,1-2H3,(H2,11,12). The lowest BCUT2D eigenvalue weighted by Crippen LogP contribution is -1.96. The first-order valence-electron chi connectivity index (χ1n) is 5.00. The van der Waals surface area contributed by atoms with Gasteiger partial charge in [-0.1, -0.05) is 31.8 Å². The molecule has 0 atom stereocenters. The zero-order chi connectivity index (χ0) is 9.68. The topological polar surface area (TPSA) is 52.0 Å². The zero-order valence-electron chi connectivity index (χ0n) is 8.42. The van der Waals surface area contributed by atoms with Crippen molar-refractivity contribution in [3.8, 4) is 0 Å². The second kappa shape index (κ2) is 4.90. The Balaban J connectivity index is 2.63. The maximum atomic E-state index is 5.50. The number of nitrogen functional groups attached to an aromatic ring is 1. The third-order valence-electron chi connectivity index (χ3n) is 2.22. The third kappa shape index (κ3) is 2.76. The Morgan fingerprint density at radius 2 is 2.00 bits per heavy atom. The fraction of sp³-hybridized carbons (Fsp3) is 0.700. The highest BCUT2D eigenvalue weighted by molar-refractivity contribution is 5.27. The van der Waals surface area contributed by atoms with Gasteiger partial charge in [-0.3, -0.25) is 0 Å². The minimum atomic E-state index is 0.493. The van der Waals surface area contributed by atoms with E-state index < -0.39 is 0 Å². The molecule has 3 nitrogen and oxygen atoms in total. The predicted molar refractivity (Wildman–Crippen MR) is 53.5 cm³/mol. The predicted octanol–water partition coefficient (Wildman–Crippen LogP) is 2.94. The molecule has 0 aliphatic heterocycles. The third-order valence-corrected chi connectivity index (χ3v) is 2.22. The van der Waals surface area contributed by atoms with E-state index in [-0.39, 0.29) is 0 Å². The Morgan fingerprint density at radius 1 is 1.38 bits per heavy atom. The van der Waals surface area contributed by atoms with E-state index in [1.165, 1.54) is 12.8 Å². The number of hydrogen-bond acceptors (Lipinski definition) is 3. The molecular weight excluding hydrogens is 164 g/mol. The van der Waals surface area contributed by atoms with E-state index in [4.69, 9.17) is 10.3 Å². The van der Waals surface area contributed by atoms with Crippen molar-refractivity contribution in [3.05, 3.63) is 11.8 Å². The highest BCUT2D eigenvalue weighted by atomic mass is 16.5. The van der Waals surface area contributed by atoms with Gasteiger partial charge in [0.05, 0.1) is 0 Å². The number of nitrogens with zero attached hydrogens (tertiary/aromatic N) is 1. The molecule has 0 amide bonds. The fourth-order valence-electron chi connectivity index (χ4n) is 1.62. The number of anilines is 1. The number of hydrogen-bond donors (Lipinski definition) is 1. The molecule has 74 valence electrons. The van der Waals surface area contributed by atoms with E-state index >= 15 is 0 Å². The van der Waals surface area contributed by atoms with Gasteiger partial charge in [0, 0.05) is 12.0 Å². The van der Waals surface area contributed by atoms with Crippen LogP contribution in [0.25, 0.3) is 0 Å². The van der Waals surface area contributed by atoms with Crippen molar-refractivity contribution in [2.24, 2.45) is 0 Å². The van der Waals surface area contributed by atoms with Gasteiger partial charge in [0.1, 0.15) is 5.76 Å². The second-order valence-electron chi connectivity index (χ2n) is 3.43. The van der Waals surface area contributed by atoms with Crippen LogP contribution in [0.5, 0.6) is 0 Å². The van der Waals surface area contributed by atoms with Crippen LogP contribution in [0.3, 0.4) is 0 Å². The molecule has 0 aromatic carbocycles. The van der Waals surface area contributed by atoms with Crippen molar-refractivity contribution in [1.82, 2.24) is 5.16 Å². The van der Waals surface area contributed by atoms with Gasteiger partial charge in [-0.2, -0.15) is 0 Å². The molecule has 0 fully saturated rings. The van der Waals surface area contributed by atoms with Gasteiger partial charge in [-0.25, -0.2) is 0 Å². The fourth-order valence-corrected chi connectivity index (χ4v) is 1.62. The molecule has 0 aliphatic carbocycles. The highest BCUT2D eigenvalue weighted by Gasteiger charge is 2.14. The quantitative estimate of drug-likeness (QED) is 0.761. The maximum Gasteiger partial charge on any atom is 0.167 e. The van der Waals surface area contributed by atoms with Crippen LogP contribution < -0.4 is 5.73 Å². The van der Waals surface area contributed by atoms with Gasteiger partial charge in [0.25, 0.3) is 0 Å². The summed E-state index contributed by atoms with van der Waals surface area (Å²) >= 11 is 0. The average Bonchev–Trinajstić information content (AvgIpc) is 2.51. The van der Waals surface area contributed by atoms with E-state index in [1.807, 2.05) is 6.07 Å². The van der Waals surface area contributed by atoms with Crippen LogP contribution in [0.2, 0.25) is 0 Å². The Kier molecular flexibility index (Phi) is 3.80. The summed E-state index contributed by atoms with van der Waals surface area (Å²) < 4.78 is 5.16. The summed E-state index contributed by atoms with van der Waals surface area (Å²) in [6.45, 7) is 4.37. The molecule has 2 N–H and O–H groups in total. The minimum absolute atomic E-state index is 0.493. The van der Waals surface area contributed by atoms with Crippen molar-refractivity contribution in [2.75, 3.05) is 5.73 Å². The molecule has 1 heterocycles. The van der Waals surface area contributed by atoms with Crippen LogP contribution in [-0.2, 0) is 0 Å². The molecule has 0 aliphatic rings. The summed E-state index contributed by atoms with van der Waals surface area (Å²) in [7, 11) is 0. The SMILES string of the molecule is CCCC(CCC)c1cc(N)no1. The summed E-state index contributed by atoms with van der Waals surface area (Å²) in [4.78, 5) is 0. The van der Waals surface area contributed by atoms with E-state index in [2.05, 4.69) is 19.0 Å². The van der Waals surface area contributed by atoms with Crippen molar-refractivity contribution < 1.29 is 4.52 Å². The monoisotopic (exact) mass is 182 g/mol. The van der Waals surface area contributed by atoms with Gasteiger partial charge in [-0.15, -0.1) is 0 Å². The highest BCUT2D eigenvalue weighted by Crippen LogP contribution is 2.27. The van der Waals surface area contributed by atoms with E-state index in [0.29, 0.717) is 11.7 Å². The van der Waals surface area contributed by atoms with Crippen molar-refractivity contribution in [2.45, 2.75) is 45.4 Å². The average molecular weight is 182 g/mol. The summed E-state index contributed by atoms with van der Waals surface area (Å²) in [5.74, 6) is 1.94. The van der Waals surface area contributed by atoms with E-state index in [9.17, 15) is 0 Å². The van der Waals surface area contributed by atoms with Crippen molar-refractivity contribution in [1.29, 1.82) is 0 Å². The molecule has 0 unspecified atom stereocenters. The normalized spacial score (nSPS) is 11.0. The van der Waals surface area contributed by atoms with Crippen molar-refractivity contribution in [3.63, 3.8) is 0 Å². The van der Waals surface area contributed by atoms with Crippen molar-refractivity contribution >= 4 is 5.82 Å². The van der Waals surface area contributed by atoms with Crippen LogP contribution in [0.4, 0.5) is 5.82 Å². The lowest BCUT2D eigenvalue weighted by Gasteiger charge is -2.10. The van der Waals surface area contributed by atoms with Crippen LogP contribution in [0.15, 0.2) is 10.6 Å². The first-order valence-corrected chi connectivity index (χ1v) is 5.00. The smallest absolute Gasteiger partial charge is 0.167 e.